The molecule has 0 saturated carbocycles. The predicted molar refractivity (Wildman–Crippen MR) is 124 cm³/mol. The van der Waals surface area contributed by atoms with Crippen LogP contribution in [0.25, 0.3) is 32.4 Å². The van der Waals surface area contributed by atoms with Gasteiger partial charge in [-0.15, -0.1) is 0 Å². The number of fused-ring (bicyclic) bond motifs is 5. The highest BCUT2D eigenvalue weighted by Crippen LogP contribution is 2.41. The summed E-state index contributed by atoms with van der Waals surface area (Å²) in [5.74, 6) is -0.231. The molecule has 1 aromatic heterocycles. The number of aromatic amines is 1. The van der Waals surface area contributed by atoms with Gasteiger partial charge in [0.15, 0.2) is 0 Å². The molecule has 2 atom stereocenters. The van der Waals surface area contributed by atoms with Crippen LogP contribution in [0.15, 0.2) is 78.9 Å². The summed E-state index contributed by atoms with van der Waals surface area (Å²) in [5.41, 5.74) is 4.60. The van der Waals surface area contributed by atoms with Crippen molar-refractivity contribution in [2.24, 2.45) is 0 Å². The zero-order chi connectivity index (χ0) is 20.9. The molecule has 0 saturated heterocycles. The molecule has 4 heteroatoms. The van der Waals surface area contributed by atoms with Crippen LogP contribution in [0.5, 0.6) is 0 Å². The molecule has 4 aromatic carbocycles. The van der Waals surface area contributed by atoms with Gasteiger partial charge >= 0.3 is 5.97 Å². The number of ether oxygens (including phenoxy) is 1. The Hall–Kier alpha value is -3.63. The second-order valence-electron chi connectivity index (χ2n) is 8.17. The van der Waals surface area contributed by atoms with Crippen molar-refractivity contribution < 1.29 is 9.53 Å². The van der Waals surface area contributed by atoms with Crippen molar-refractivity contribution in [3.8, 4) is 0 Å². The van der Waals surface area contributed by atoms with Gasteiger partial charge in [0, 0.05) is 23.0 Å². The van der Waals surface area contributed by atoms with E-state index < -0.39 is 6.04 Å². The first-order valence-corrected chi connectivity index (χ1v) is 10.6. The van der Waals surface area contributed by atoms with Crippen LogP contribution < -0.4 is 5.32 Å². The van der Waals surface area contributed by atoms with Gasteiger partial charge in [-0.05, 0) is 44.8 Å². The summed E-state index contributed by atoms with van der Waals surface area (Å²) in [4.78, 5) is 16.3. The van der Waals surface area contributed by atoms with Gasteiger partial charge in [-0.1, -0.05) is 66.7 Å². The fourth-order valence-corrected chi connectivity index (χ4v) is 5.12. The molecule has 152 valence electrons. The normalized spacial score (nSPS) is 18.4. The largest absolute Gasteiger partial charge is 0.468 e. The number of hydrogen-bond acceptors (Lipinski definition) is 3. The van der Waals surface area contributed by atoms with Crippen molar-refractivity contribution in [2.45, 2.75) is 18.5 Å². The highest BCUT2D eigenvalue weighted by Gasteiger charge is 2.35. The lowest BCUT2D eigenvalue weighted by Gasteiger charge is -2.31. The Bertz CT molecular complexity index is 1410. The minimum atomic E-state index is -0.403. The predicted octanol–water partition coefficient (Wildman–Crippen LogP) is 5.25. The van der Waals surface area contributed by atoms with Crippen LogP contribution in [0.4, 0.5) is 0 Å². The lowest BCUT2D eigenvalue weighted by atomic mass is 9.85. The molecular weight excluding hydrogens is 384 g/mol. The summed E-state index contributed by atoms with van der Waals surface area (Å²) in [6.45, 7) is 0. The number of H-pyrrole nitrogens is 1. The zero-order valence-electron chi connectivity index (χ0n) is 17.2. The number of aromatic nitrogens is 1. The number of para-hydroxylation sites is 1. The number of carbonyl (C=O) groups excluding carboxylic acids is 1. The van der Waals surface area contributed by atoms with E-state index in [-0.39, 0.29) is 12.0 Å². The molecule has 1 aliphatic heterocycles. The number of esters is 1. The van der Waals surface area contributed by atoms with E-state index in [2.05, 4.69) is 77.0 Å². The Morgan fingerprint density at radius 2 is 1.48 bits per heavy atom. The summed E-state index contributed by atoms with van der Waals surface area (Å²) in [5, 5.41) is 9.54. The van der Waals surface area contributed by atoms with Gasteiger partial charge in [0.05, 0.1) is 13.2 Å². The maximum atomic E-state index is 12.6. The van der Waals surface area contributed by atoms with Crippen molar-refractivity contribution in [3.63, 3.8) is 0 Å². The molecule has 0 fully saturated rings. The standard InChI is InChI=1S/C27H22N2O2/c1-31-27(30)23-15-21-20-12-6-7-13-22(20)28-25(21)26(29-23)24-18-10-4-2-8-16(18)14-17-9-3-5-11-19(17)24/h2-14,23,26,28-29H,15H2,1H3/t23-,26?/m0/s1. The molecule has 5 aromatic rings. The van der Waals surface area contributed by atoms with Gasteiger partial charge in [-0.25, -0.2) is 0 Å². The summed E-state index contributed by atoms with van der Waals surface area (Å²) in [7, 11) is 1.46. The van der Waals surface area contributed by atoms with Gasteiger partial charge in [-0.3, -0.25) is 10.1 Å². The lowest BCUT2D eigenvalue weighted by molar-refractivity contribution is -0.143. The lowest BCUT2D eigenvalue weighted by Crippen LogP contribution is -2.45. The van der Waals surface area contributed by atoms with Crippen LogP contribution in [-0.2, 0) is 16.0 Å². The van der Waals surface area contributed by atoms with Crippen LogP contribution in [0.3, 0.4) is 0 Å². The summed E-state index contributed by atoms with van der Waals surface area (Å²) < 4.78 is 5.14. The second-order valence-corrected chi connectivity index (χ2v) is 8.17. The maximum absolute atomic E-state index is 12.6. The van der Waals surface area contributed by atoms with E-state index >= 15 is 0 Å². The Labute approximate surface area is 179 Å². The van der Waals surface area contributed by atoms with E-state index in [1.54, 1.807) is 0 Å². The molecule has 2 heterocycles. The smallest absolute Gasteiger partial charge is 0.323 e. The average molecular weight is 406 g/mol. The first-order valence-electron chi connectivity index (χ1n) is 10.6. The van der Waals surface area contributed by atoms with Crippen LogP contribution in [0.1, 0.15) is 22.9 Å². The zero-order valence-corrected chi connectivity index (χ0v) is 17.2. The number of benzene rings is 4. The van der Waals surface area contributed by atoms with E-state index in [1.165, 1.54) is 45.2 Å². The molecule has 0 aliphatic carbocycles. The van der Waals surface area contributed by atoms with Crippen LogP contribution in [-0.4, -0.2) is 24.1 Å². The molecule has 31 heavy (non-hydrogen) atoms. The third-order valence-electron chi connectivity index (χ3n) is 6.50. The summed E-state index contributed by atoms with van der Waals surface area (Å²) >= 11 is 0. The highest BCUT2D eigenvalue weighted by atomic mass is 16.5. The van der Waals surface area contributed by atoms with Gasteiger partial charge in [-0.2, -0.15) is 0 Å². The molecular formula is C27H22N2O2. The number of carbonyl (C=O) groups is 1. The quantitative estimate of drug-likeness (QED) is 0.311. The molecule has 0 spiro atoms. The van der Waals surface area contributed by atoms with Crippen LogP contribution in [0, 0.1) is 0 Å². The minimum absolute atomic E-state index is 0.156. The van der Waals surface area contributed by atoms with Crippen LogP contribution in [0.2, 0.25) is 0 Å². The molecule has 4 nitrogen and oxygen atoms in total. The van der Waals surface area contributed by atoms with E-state index in [1.807, 2.05) is 12.1 Å². The Morgan fingerprint density at radius 3 is 2.16 bits per heavy atom. The van der Waals surface area contributed by atoms with E-state index in [4.69, 9.17) is 4.74 Å². The van der Waals surface area contributed by atoms with E-state index in [0.717, 1.165) is 11.2 Å². The third kappa shape index (κ3) is 2.76. The average Bonchev–Trinajstić information content (AvgIpc) is 3.20. The molecule has 0 radical (unpaired) electrons. The molecule has 0 bridgehead atoms. The number of nitrogens with one attached hydrogen (secondary N) is 2. The monoisotopic (exact) mass is 406 g/mol. The number of rotatable bonds is 2. The summed E-state index contributed by atoms with van der Waals surface area (Å²) in [6, 6.07) is 26.9. The third-order valence-corrected chi connectivity index (χ3v) is 6.50. The minimum Gasteiger partial charge on any atom is -0.468 e. The molecule has 6 rings (SSSR count). The van der Waals surface area contributed by atoms with Crippen LogP contribution >= 0.6 is 0 Å². The first kappa shape index (κ1) is 18.2. The molecule has 1 unspecified atom stereocenters. The SMILES string of the molecule is COC(=O)[C@@H]1Cc2c([nH]c3ccccc23)C(c2c3ccccc3cc3ccccc23)N1. The fourth-order valence-electron chi connectivity index (χ4n) is 5.12. The van der Waals surface area contributed by atoms with Crippen molar-refractivity contribution in [1.29, 1.82) is 0 Å². The van der Waals surface area contributed by atoms with Crippen molar-refractivity contribution >= 4 is 38.4 Å². The topological polar surface area (TPSA) is 54.1 Å². The van der Waals surface area contributed by atoms with Gasteiger partial charge in [0.1, 0.15) is 6.04 Å². The fraction of sp³-hybridized carbons (Fsp3) is 0.148. The Morgan fingerprint density at radius 1 is 0.871 bits per heavy atom. The van der Waals surface area contributed by atoms with E-state index in [9.17, 15) is 4.79 Å². The molecule has 1 aliphatic rings. The maximum Gasteiger partial charge on any atom is 0.323 e. The Balaban J connectivity index is 1.69. The van der Waals surface area contributed by atoms with Crippen molar-refractivity contribution in [3.05, 3.63) is 95.7 Å². The Kier molecular flexibility index (Phi) is 4.08. The first-order chi connectivity index (χ1) is 15.2. The van der Waals surface area contributed by atoms with Gasteiger partial charge in [0.2, 0.25) is 0 Å². The van der Waals surface area contributed by atoms with Crippen molar-refractivity contribution in [1.82, 2.24) is 10.3 Å². The van der Waals surface area contributed by atoms with Gasteiger partial charge in [0.25, 0.3) is 0 Å². The highest BCUT2D eigenvalue weighted by molar-refractivity contribution is 6.03. The van der Waals surface area contributed by atoms with Gasteiger partial charge < -0.3 is 9.72 Å². The number of methoxy groups -OCH3 is 1. The number of hydrogen-bond donors (Lipinski definition) is 2. The molecule has 0 amide bonds. The summed E-state index contributed by atoms with van der Waals surface area (Å²) in [6.07, 6.45) is 0.602. The molecule has 2 N–H and O–H groups in total. The van der Waals surface area contributed by atoms with Crippen molar-refractivity contribution in [2.75, 3.05) is 7.11 Å². The van der Waals surface area contributed by atoms with E-state index in [0.29, 0.717) is 6.42 Å². The second kappa shape index (κ2) is 6.96.